The van der Waals surface area contributed by atoms with E-state index in [-0.39, 0.29) is 17.3 Å². The van der Waals surface area contributed by atoms with Crippen LogP contribution in [0.2, 0.25) is 5.02 Å². The van der Waals surface area contributed by atoms with Crippen LogP contribution in [0.15, 0.2) is 83.8 Å². The van der Waals surface area contributed by atoms with E-state index in [1.54, 1.807) is 31.2 Å². The molecule has 150 valence electrons. The van der Waals surface area contributed by atoms with E-state index >= 15 is 0 Å². The van der Waals surface area contributed by atoms with Gasteiger partial charge in [-0.2, -0.15) is 4.31 Å². The number of carbonyl (C=O) groups excluding carboxylic acids is 1. The predicted molar refractivity (Wildman–Crippen MR) is 116 cm³/mol. The average molecular weight is 429 g/mol. The molecule has 0 unspecified atom stereocenters. The molecule has 0 aliphatic rings. The summed E-state index contributed by atoms with van der Waals surface area (Å²) in [5.41, 5.74) is 1.75. The van der Waals surface area contributed by atoms with Gasteiger partial charge < -0.3 is 5.32 Å². The molecule has 0 aliphatic heterocycles. The van der Waals surface area contributed by atoms with Crippen LogP contribution in [0.4, 0.5) is 5.69 Å². The van der Waals surface area contributed by atoms with Gasteiger partial charge in [0.15, 0.2) is 0 Å². The lowest BCUT2D eigenvalue weighted by Crippen LogP contribution is -2.30. The molecule has 0 saturated heterocycles. The molecule has 7 heteroatoms. The number of halogens is 1. The summed E-state index contributed by atoms with van der Waals surface area (Å²) in [6, 6.07) is 22.2. The minimum atomic E-state index is -3.68. The molecule has 0 radical (unpaired) electrons. The summed E-state index contributed by atoms with van der Waals surface area (Å²) >= 11 is 6.06. The van der Waals surface area contributed by atoms with E-state index < -0.39 is 10.0 Å². The Morgan fingerprint density at radius 1 is 0.931 bits per heavy atom. The highest BCUT2D eigenvalue weighted by Gasteiger charge is 2.23. The third kappa shape index (κ3) is 5.03. The zero-order valence-electron chi connectivity index (χ0n) is 15.9. The molecule has 3 aromatic carbocycles. The van der Waals surface area contributed by atoms with Crippen molar-refractivity contribution in [1.29, 1.82) is 0 Å². The highest BCUT2D eigenvalue weighted by atomic mass is 35.5. The molecule has 1 amide bonds. The Labute approximate surface area is 176 Å². The van der Waals surface area contributed by atoms with Crippen LogP contribution < -0.4 is 5.32 Å². The number of carbonyl (C=O) groups is 1. The molecule has 5 nitrogen and oxygen atoms in total. The second-order valence-corrected chi connectivity index (χ2v) is 8.72. The molecule has 0 bridgehead atoms. The Hall–Kier alpha value is -2.67. The van der Waals surface area contributed by atoms with Crippen LogP contribution in [0.3, 0.4) is 0 Å². The van der Waals surface area contributed by atoms with Crippen LogP contribution in [-0.4, -0.2) is 25.2 Å². The quantitative estimate of drug-likeness (QED) is 0.587. The fraction of sp³-hybridized carbons (Fsp3) is 0.136. The Morgan fingerprint density at radius 3 is 2.17 bits per heavy atom. The monoisotopic (exact) mass is 428 g/mol. The molecule has 0 atom stereocenters. The van der Waals surface area contributed by atoms with Crippen molar-refractivity contribution in [1.82, 2.24) is 4.31 Å². The summed E-state index contributed by atoms with van der Waals surface area (Å²) in [4.78, 5) is 12.6. The minimum Gasteiger partial charge on any atom is -0.321 e. The summed E-state index contributed by atoms with van der Waals surface area (Å²) in [6.07, 6.45) is 0. The summed E-state index contributed by atoms with van der Waals surface area (Å²) in [5.74, 6) is -0.362. The van der Waals surface area contributed by atoms with Gasteiger partial charge in [0, 0.05) is 18.7 Å². The number of anilines is 1. The first kappa shape index (κ1) is 21.0. The predicted octanol–water partition coefficient (Wildman–Crippen LogP) is 4.80. The van der Waals surface area contributed by atoms with E-state index in [0.29, 0.717) is 22.8 Å². The van der Waals surface area contributed by atoms with Crippen molar-refractivity contribution in [2.75, 3.05) is 11.9 Å². The third-order valence-electron chi connectivity index (χ3n) is 4.43. The number of hydrogen-bond acceptors (Lipinski definition) is 3. The number of benzene rings is 3. The number of nitrogens with one attached hydrogen (secondary N) is 1. The van der Waals surface area contributed by atoms with Crippen molar-refractivity contribution in [3.8, 4) is 0 Å². The zero-order valence-corrected chi connectivity index (χ0v) is 17.5. The molecule has 0 aliphatic carbocycles. The van der Waals surface area contributed by atoms with Crippen LogP contribution in [0.25, 0.3) is 0 Å². The molecule has 0 spiro atoms. The van der Waals surface area contributed by atoms with Crippen LogP contribution >= 0.6 is 11.6 Å². The second-order valence-electron chi connectivity index (χ2n) is 6.38. The fourth-order valence-electron chi connectivity index (χ4n) is 2.84. The van der Waals surface area contributed by atoms with E-state index in [9.17, 15) is 13.2 Å². The van der Waals surface area contributed by atoms with E-state index in [1.807, 2.05) is 30.3 Å². The van der Waals surface area contributed by atoms with Gasteiger partial charge >= 0.3 is 0 Å². The van der Waals surface area contributed by atoms with Gasteiger partial charge in [-0.15, -0.1) is 0 Å². The zero-order chi connectivity index (χ0) is 20.9. The van der Waals surface area contributed by atoms with E-state index in [4.69, 9.17) is 11.6 Å². The van der Waals surface area contributed by atoms with Gasteiger partial charge in [-0.25, -0.2) is 8.42 Å². The van der Waals surface area contributed by atoms with Gasteiger partial charge in [0.1, 0.15) is 0 Å². The minimum absolute atomic E-state index is 0.143. The summed E-state index contributed by atoms with van der Waals surface area (Å²) in [6.45, 7) is 2.42. The molecule has 0 saturated carbocycles. The van der Waals surface area contributed by atoms with Crippen molar-refractivity contribution in [2.24, 2.45) is 0 Å². The first-order valence-electron chi connectivity index (χ1n) is 9.12. The van der Waals surface area contributed by atoms with Gasteiger partial charge in [-0.1, -0.05) is 61.0 Å². The van der Waals surface area contributed by atoms with Gasteiger partial charge in [-0.3, -0.25) is 4.79 Å². The summed E-state index contributed by atoms with van der Waals surface area (Å²) < 4.78 is 27.4. The van der Waals surface area contributed by atoms with Crippen molar-refractivity contribution >= 4 is 33.2 Å². The molecule has 0 fully saturated rings. The number of rotatable bonds is 7. The number of amides is 1. The van der Waals surface area contributed by atoms with Crippen LogP contribution in [0.1, 0.15) is 22.8 Å². The van der Waals surface area contributed by atoms with Crippen molar-refractivity contribution < 1.29 is 13.2 Å². The number of para-hydroxylation sites is 1. The van der Waals surface area contributed by atoms with E-state index in [2.05, 4.69) is 5.32 Å². The maximum absolute atomic E-state index is 13.0. The molecule has 0 heterocycles. The first-order chi connectivity index (χ1) is 13.9. The standard InChI is InChI=1S/C22H21ClN2O3S/c1-2-25(16-17-8-4-3-5-9-17)29(27,28)19-14-12-18(13-15-19)22(26)24-21-11-7-6-10-20(21)23/h3-15H,2,16H2,1H3,(H,24,26). The first-order valence-corrected chi connectivity index (χ1v) is 10.9. The Kier molecular flexibility index (Phi) is 6.69. The third-order valence-corrected chi connectivity index (χ3v) is 6.70. The Bertz CT molecular complexity index is 1080. The maximum Gasteiger partial charge on any atom is 0.255 e. The van der Waals surface area contributed by atoms with Crippen LogP contribution in [-0.2, 0) is 16.6 Å². The smallest absolute Gasteiger partial charge is 0.255 e. The Morgan fingerprint density at radius 2 is 1.55 bits per heavy atom. The number of nitrogens with zero attached hydrogens (tertiary/aromatic N) is 1. The molecule has 0 aromatic heterocycles. The largest absolute Gasteiger partial charge is 0.321 e. The van der Waals surface area contributed by atoms with E-state index in [0.717, 1.165) is 5.56 Å². The topological polar surface area (TPSA) is 66.5 Å². The van der Waals surface area contributed by atoms with Crippen LogP contribution in [0.5, 0.6) is 0 Å². The van der Waals surface area contributed by atoms with Crippen molar-refractivity contribution in [3.63, 3.8) is 0 Å². The lowest BCUT2D eigenvalue weighted by molar-refractivity contribution is 0.102. The lowest BCUT2D eigenvalue weighted by Gasteiger charge is -2.20. The van der Waals surface area contributed by atoms with Crippen LogP contribution in [0, 0.1) is 0 Å². The normalized spacial score (nSPS) is 11.4. The number of sulfonamides is 1. The summed E-state index contributed by atoms with van der Waals surface area (Å²) in [5, 5.41) is 3.15. The second kappa shape index (κ2) is 9.22. The molecular weight excluding hydrogens is 408 g/mol. The van der Waals surface area contributed by atoms with Gasteiger partial charge in [0.2, 0.25) is 10.0 Å². The average Bonchev–Trinajstić information content (AvgIpc) is 2.74. The molecule has 29 heavy (non-hydrogen) atoms. The molecule has 3 rings (SSSR count). The summed E-state index contributed by atoms with van der Waals surface area (Å²) in [7, 11) is -3.68. The SMILES string of the molecule is CCN(Cc1ccccc1)S(=O)(=O)c1ccc(C(=O)Nc2ccccc2Cl)cc1. The fourth-order valence-corrected chi connectivity index (χ4v) is 4.46. The molecule has 1 N–H and O–H groups in total. The highest BCUT2D eigenvalue weighted by molar-refractivity contribution is 7.89. The van der Waals surface area contributed by atoms with Gasteiger partial charge in [0.25, 0.3) is 5.91 Å². The van der Waals surface area contributed by atoms with Crippen molar-refractivity contribution in [2.45, 2.75) is 18.4 Å². The van der Waals surface area contributed by atoms with Gasteiger partial charge in [0.05, 0.1) is 15.6 Å². The molecular formula is C22H21ClN2O3S. The molecule has 3 aromatic rings. The van der Waals surface area contributed by atoms with Crippen molar-refractivity contribution in [3.05, 3.63) is 95.0 Å². The Balaban J connectivity index is 1.77. The van der Waals surface area contributed by atoms with E-state index in [1.165, 1.54) is 28.6 Å². The maximum atomic E-state index is 13.0. The lowest BCUT2D eigenvalue weighted by atomic mass is 10.2. The highest BCUT2D eigenvalue weighted by Crippen LogP contribution is 2.22. The van der Waals surface area contributed by atoms with Gasteiger partial charge in [-0.05, 0) is 42.0 Å². The number of hydrogen-bond donors (Lipinski definition) is 1.